The minimum Gasteiger partial charge on any atom is -0.492 e. The Hall–Kier alpha value is -2.56. The number of aliphatic imine (C=N–C) groups is 1. The van der Waals surface area contributed by atoms with E-state index in [2.05, 4.69) is 68.7 Å². The second-order valence-corrected chi connectivity index (χ2v) is 6.95. The fourth-order valence-electron chi connectivity index (χ4n) is 3.44. The molecule has 0 fully saturated rings. The van der Waals surface area contributed by atoms with Gasteiger partial charge in [-0.25, -0.2) is 4.99 Å². The maximum absolute atomic E-state index is 8.27. The van der Waals surface area contributed by atoms with Crippen LogP contribution in [0.25, 0.3) is 0 Å². The van der Waals surface area contributed by atoms with Crippen molar-refractivity contribution in [3.8, 4) is 0 Å². The Morgan fingerprint density at radius 2 is 1.61 bits per heavy atom. The highest BCUT2D eigenvalue weighted by Gasteiger charge is 2.21. The SMILES string of the molecule is CCOC1=C/C(=N\c2ccc(N(CC)C(C)C)cc2)C(N(CC)CC)=CC1=N. The Morgan fingerprint density at radius 3 is 2.11 bits per heavy atom. The topological polar surface area (TPSA) is 51.9 Å². The minimum absolute atomic E-state index is 0.397. The molecule has 0 atom stereocenters. The summed E-state index contributed by atoms with van der Waals surface area (Å²) < 4.78 is 5.64. The number of allylic oxidation sites excluding steroid dienone is 2. The van der Waals surface area contributed by atoms with Gasteiger partial charge in [0.2, 0.25) is 0 Å². The lowest BCUT2D eigenvalue weighted by Crippen LogP contribution is -2.30. The molecule has 1 aromatic carbocycles. The number of nitrogens with one attached hydrogen (secondary N) is 1. The zero-order valence-electron chi connectivity index (χ0n) is 18.1. The number of anilines is 1. The van der Waals surface area contributed by atoms with Gasteiger partial charge in [0, 0.05) is 37.4 Å². The van der Waals surface area contributed by atoms with Crippen LogP contribution in [-0.2, 0) is 4.74 Å². The predicted molar refractivity (Wildman–Crippen MR) is 120 cm³/mol. The van der Waals surface area contributed by atoms with Crippen molar-refractivity contribution < 1.29 is 4.74 Å². The molecule has 0 bridgehead atoms. The Kier molecular flexibility index (Phi) is 7.85. The molecule has 0 spiro atoms. The lowest BCUT2D eigenvalue weighted by atomic mass is 10.0. The average molecular weight is 383 g/mol. The summed E-state index contributed by atoms with van der Waals surface area (Å²) in [7, 11) is 0. The third-order valence-corrected chi connectivity index (χ3v) is 4.88. The van der Waals surface area contributed by atoms with Gasteiger partial charge < -0.3 is 14.5 Å². The lowest BCUT2D eigenvalue weighted by molar-refractivity contribution is 0.249. The Labute approximate surface area is 169 Å². The largest absolute Gasteiger partial charge is 0.492 e. The summed E-state index contributed by atoms with van der Waals surface area (Å²) in [6, 6.07) is 8.83. The van der Waals surface area contributed by atoms with E-state index < -0.39 is 0 Å². The molecule has 0 saturated heterocycles. The highest BCUT2D eigenvalue weighted by Crippen LogP contribution is 2.25. The van der Waals surface area contributed by atoms with Gasteiger partial charge in [0.1, 0.15) is 5.76 Å². The minimum atomic E-state index is 0.397. The molecule has 1 aliphatic carbocycles. The van der Waals surface area contributed by atoms with Crippen LogP contribution in [0.5, 0.6) is 0 Å². The number of hydrogen-bond donors (Lipinski definition) is 1. The molecule has 0 amide bonds. The number of nitrogens with zero attached hydrogens (tertiary/aromatic N) is 3. The molecule has 1 aliphatic rings. The van der Waals surface area contributed by atoms with Crippen molar-refractivity contribution in [3.05, 3.63) is 47.9 Å². The monoisotopic (exact) mass is 382 g/mol. The summed E-state index contributed by atoms with van der Waals surface area (Å²) >= 11 is 0. The lowest BCUT2D eigenvalue weighted by Gasteiger charge is -2.28. The Morgan fingerprint density at radius 1 is 0.964 bits per heavy atom. The number of rotatable bonds is 9. The average Bonchev–Trinajstić information content (AvgIpc) is 2.67. The fourth-order valence-corrected chi connectivity index (χ4v) is 3.44. The first kappa shape index (κ1) is 21.7. The van der Waals surface area contributed by atoms with Gasteiger partial charge in [-0.05, 0) is 71.9 Å². The van der Waals surface area contributed by atoms with Crippen LogP contribution in [0, 0.1) is 5.41 Å². The van der Waals surface area contributed by atoms with Gasteiger partial charge in [-0.1, -0.05) is 0 Å². The molecular formula is C23H34N4O. The molecule has 28 heavy (non-hydrogen) atoms. The van der Waals surface area contributed by atoms with Crippen molar-refractivity contribution >= 4 is 22.8 Å². The fraction of sp³-hybridized carbons (Fsp3) is 0.478. The summed E-state index contributed by atoms with van der Waals surface area (Å²) in [5.74, 6) is 0.575. The second kappa shape index (κ2) is 10.1. The van der Waals surface area contributed by atoms with E-state index in [0.29, 0.717) is 24.1 Å². The molecule has 2 rings (SSSR count). The van der Waals surface area contributed by atoms with E-state index in [-0.39, 0.29) is 0 Å². The third-order valence-electron chi connectivity index (χ3n) is 4.88. The van der Waals surface area contributed by atoms with Crippen LogP contribution in [0.15, 0.2) is 52.9 Å². The van der Waals surface area contributed by atoms with E-state index in [4.69, 9.17) is 15.1 Å². The molecule has 1 N–H and O–H groups in total. The van der Waals surface area contributed by atoms with Crippen LogP contribution >= 0.6 is 0 Å². The molecule has 5 nitrogen and oxygen atoms in total. The molecule has 0 heterocycles. The number of ether oxygens (including phenoxy) is 1. The first-order chi connectivity index (χ1) is 13.4. The quantitative estimate of drug-likeness (QED) is 0.599. The first-order valence-electron chi connectivity index (χ1n) is 10.3. The Balaban J connectivity index is 2.40. The zero-order chi connectivity index (χ0) is 20.7. The van der Waals surface area contributed by atoms with Crippen LogP contribution in [0.3, 0.4) is 0 Å². The molecule has 1 aromatic rings. The first-order valence-corrected chi connectivity index (χ1v) is 10.3. The van der Waals surface area contributed by atoms with Gasteiger partial charge in [-0.3, -0.25) is 5.41 Å². The molecule has 5 heteroatoms. The normalized spacial score (nSPS) is 15.5. The number of hydrogen-bond acceptors (Lipinski definition) is 5. The van der Waals surface area contributed by atoms with E-state index in [1.807, 2.05) is 19.1 Å². The molecule has 0 aliphatic heterocycles. The van der Waals surface area contributed by atoms with Gasteiger partial charge in [0.15, 0.2) is 0 Å². The van der Waals surface area contributed by atoms with E-state index in [1.54, 1.807) is 0 Å². The van der Waals surface area contributed by atoms with E-state index in [1.165, 1.54) is 5.69 Å². The molecular weight excluding hydrogens is 348 g/mol. The van der Waals surface area contributed by atoms with Crippen molar-refractivity contribution in [1.29, 1.82) is 5.41 Å². The highest BCUT2D eigenvalue weighted by atomic mass is 16.5. The molecule has 0 aromatic heterocycles. The van der Waals surface area contributed by atoms with Gasteiger partial charge in [-0.15, -0.1) is 0 Å². The molecule has 0 unspecified atom stereocenters. The summed E-state index contributed by atoms with van der Waals surface area (Å²) in [4.78, 5) is 9.46. The van der Waals surface area contributed by atoms with Crippen molar-refractivity contribution in [2.24, 2.45) is 4.99 Å². The second-order valence-electron chi connectivity index (χ2n) is 6.95. The zero-order valence-corrected chi connectivity index (χ0v) is 18.1. The highest BCUT2D eigenvalue weighted by molar-refractivity contribution is 6.22. The van der Waals surface area contributed by atoms with Crippen LogP contribution in [0.2, 0.25) is 0 Å². The molecule has 0 saturated carbocycles. The summed E-state index contributed by atoms with van der Waals surface area (Å²) in [5, 5.41) is 8.27. The van der Waals surface area contributed by atoms with E-state index in [9.17, 15) is 0 Å². The van der Waals surface area contributed by atoms with Gasteiger partial charge in [0.25, 0.3) is 0 Å². The van der Waals surface area contributed by atoms with Crippen LogP contribution in [0.1, 0.15) is 41.5 Å². The van der Waals surface area contributed by atoms with Gasteiger partial charge in [-0.2, -0.15) is 0 Å². The maximum atomic E-state index is 8.27. The third kappa shape index (κ3) is 5.03. The van der Waals surface area contributed by atoms with Crippen molar-refractivity contribution in [2.75, 3.05) is 31.1 Å². The van der Waals surface area contributed by atoms with Crippen LogP contribution in [-0.4, -0.2) is 48.6 Å². The predicted octanol–water partition coefficient (Wildman–Crippen LogP) is 5.17. The Bertz CT molecular complexity index is 755. The van der Waals surface area contributed by atoms with E-state index >= 15 is 0 Å². The summed E-state index contributed by atoms with van der Waals surface area (Å²) in [6.45, 7) is 16.0. The molecule has 152 valence electrons. The summed E-state index contributed by atoms with van der Waals surface area (Å²) in [6.07, 6.45) is 3.75. The summed E-state index contributed by atoms with van der Waals surface area (Å²) in [5.41, 5.74) is 4.31. The van der Waals surface area contributed by atoms with E-state index in [0.717, 1.165) is 36.7 Å². The standard InChI is InChI=1S/C23H34N4O/c1-7-26(8-2)22-15-20(24)23(28-10-4)16-21(22)25-18-11-13-19(14-12-18)27(9-3)17(5)6/h11-17,24H,7-10H2,1-6H3/b24-20?,25-21+. The number of benzene rings is 1. The van der Waals surface area contributed by atoms with Crippen LogP contribution < -0.4 is 4.90 Å². The molecule has 0 radical (unpaired) electrons. The maximum Gasteiger partial charge on any atom is 0.146 e. The van der Waals surface area contributed by atoms with Crippen LogP contribution in [0.4, 0.5) is 11.4 Å². The van der Waals surface area contributed by atoms with Crippen molar-refractivity contribution in [3.63, 3.8) is 0 Å². The van der Waals surface area contributed by atoms with Gasteiger partial charge >= 0.3 is 0 Å². The van der Waals surface area contributed by atoms with Crippen molar-refractivity contribution in [2.45, 2.75) is 47.6 Å². The van der Waals surface area contributed by atoms with Crippen molar-refractivity contribution in [1.82, 2.24) is 4.90 Å². The smallest absolute Gasteiger partial charge is 0.146 e. The van der Waals surface area contributed by atoms with Gasteiger partial charge in [0.05, 0.1) is 29.4 Å².